The maximum Gasteiger partial charge on any atom is 0.281 e. The average Bonchev–Trinajstić information content (AvgIpc) is 2.88. The van der Waals surface area contributed by atoms with Gasteiger partial charge in [-0.25, -0.2) is 13.2 Å². The van der Waals surface area contributed by atoms with Crippen molar-refractivity contribution in [1.82, 2.24) is 0 Å². The highest BCUT2D eigenvalue weighted by Gasteiger charge is 2.56. The van der Waals surface area contributed by atoms with Crippen LogP contribution in [0.15, 0.2) is 0 Å². The third-order valence-corrected chi connectivity index (χ3v) is 3.88. The zero-order valence-electron chi connectivity index (χ0n) is 8.87. The van der Waals surface area contributed by atoms with Gasteiger partial charge in [0.05, 0.1) is 0 Å². The quantitative estimate of drug-likeness (QED) is 0.778. The Labute approximate surface area is 88.2 Å². The molecule has 0 saturated heterocycles. The molecule has 1 atom stereocenters. The number of rotatable bonds is 3. The van der Waals surface area contributed by atoms with E-state index in [1.54, 1.807) is 0 Å². The van der Waals surface area contributed by atoms with E-state index in [4.69, 9.17) is 5.73 Å². The van der Waals surface area contributed by atoms with Gasteiger partial charge >= 0.3 is 0 Å². The minimum Gasteiger partial charge on any atom is -0.325 e. The van der Waals surface area contributed by atoms with Gasteiger partial charge in [-0.1, -0.05) is 0 Å². The zero-order valence-corrected chi connectivity index (χ0v) is 8.87. The molecule has 0 aliphatic heterocycles. The Bertz CT molecular complexity index is 250. The van der Waals surface area contributed by atoms with E-state index in [9.17, 15) is 13.2 Å². The molecule has 0 aromatic carbocycles. The van der Waals surface area contributed by atoms with Crippen LogP contribution in [0.25, 0.3) is 0 Å². The molecular formula is C11H18F3N. The van der Waals surface area contributed by atoms with Gasteiger partial charge in [-0.05, 0) is 44.9 Å². The first-order valence-corrected chi connectivity index (χ1v) is 5.73. The Balaban J connectivity index is 1.96. The van der Waals surface area contributed by atoms with Crippen LogP contribution in [-0.4, -0.2) is 17.1 Å². The summed E-state index contributed by atoms with van der Waals surface area (Å²) in [6.07, 6.45) is 2.74. The lowest BCUT2D eigenvalue weighted by atomic mass is 9.79. The lowest BCUT2D eigenvalue weighted by Gasteiger charge is -2.38. The topological polar surface area (TPSA) is 26.0 Å². The second-order valence-corrected chi connectivity index (χ2v) is 5.24. The molecule has 0 bridgehead atoms. The van der Waals surface area contributed by atoms with Gasteiger partial charge in [-0.15, -0.1) is 0 Å². The highest BCUT2D eigenvalue weighted by Crippen LogP contribution is 2.49. The molecule has 0 aromatic heterocycles. The molecule has 2 saturated carbocycles. The number of halogens is 3. The van der Waals surface area contributed by atoms with Crippen LogP contribution >= 0.6 is 0 Å². The summed E-state index contributed by atoms with van der Waals surface area (Å²) >= 11 is 0. The largest absolute Gasteiger partial charge is 0.325 e. The van der Waals surface area contributed by atoms with E-state index in [1.807, 2.05) is 0 Å². The highest BCUT2D eigenvalue weighted by atomic mass is 19.3. The predicted octanol–water partition coefficient (Wildman–Crippen LogP) is 3.18. The first-order chi connectivity index (χ1) is 6.87. The molecule has 15 heavy (non-hydrogen) atoms. The smallest absolute Gasteiger partial charge is 0.281 e. The summed E-state index contributed by atoms with van der Waals surface area (Å²) in [6.45, 7) is 0. The molecule has 2 N–H and O–H groups in total. The van der Waals surface area contributed by atoms with E-state index >= 15 is 0 Å². The Hall–Kier alpha value is -0.250. The summed E-state index contributed by atoms with van der Waals surface area (Å²) in [6, 6.07) is 0. The van der Waals surface area contributed by atoms with Crippen LogP contribution in [0.1, 0.15) is 51.4 Å². The van der Waals surface area contributed by atoms with Crippen molar-refractivity contribution in [3.05, 3.63) is 0 Å². The molecule has 0 radical (unpaired) electrons. The average molecular weight is 221 g/mol. The molecule has 0 heterocycles. The van der Waals surface area contributed by atoms with Crippen molar-refractivity contribution in [3.63, 3.8) is 0 Å². The zero-order chi connectivity index (χ0) is 11.2. The van der Waals surface area contributed by atoms with Crippen LogP contribution in [0.2, 0.25) is 0 Å². The molecule has 88 valence electrons. The van der Waals surface area contributed by atoms with Crippen LogP contribution in [0, 0.1) is 0 Å². The number of nitrogens with two attached hydrogens (primary N) is 1. The molecule has 2 rings (SSSR count). The lowest BCUT2D eigenvalue weighted by molar-refractivity contribution is -0.166. The maximum atomic E-state index is 14.1. The Morgan fingerprint density at radius 3 is 2.00 bits per heavy atom. The van der Waals surface area contributed by atoms with Crippen molar-refractivity contribution >= 4 is 0 Å². The molecule has 1 nitrogen and oxygen atoms in total. The van der Waals surface area contributed by atoms with Crippen molar-refractivity contribution < 1.29 is 13.2 Å². The van der Waals surface area contributed by atoms with Gasteiger partial charge in [0.1, 0.15) is 0 Å². The molecule has 0 amide bonds. The van der Waals surface area contributed by atoms with Crippen molar-refractivity contribution in [3.8, 4) is 0 Å². The SMILES string of the molecule is NC1(CCC2(F)CCCCC2(F)F)CC1. The van der Waals surface area contributed by atoms with Gasteiger partial charge < -0.3 is 5.73 Å². The lowest BCUT2D eigenvalue weighted by Crippen LogP contribution is -2.47. The fourth-order valence-corrected chi connectivity index (χ4v) is 2.32. The highest BCUT2D eigenvalue weighted by molar-refractivity contribution is 5.03. The standard InChI is InChI=1S/C11H18F3N/c12-10(8-7-9(15)5-6-9)3-1-2-4-11(10,13)14/h1-8,15H2. The monoisotopic (exact) mass is 221 g/mol. The van der Waals surface area contributed by atoms with E-state index in [2.05, 4.69) is 0 Å². The summed E-state index contributed by atoms with van der Waals surface area (Å²) in [5.74, 6) is -3.14. The van der Waals surface area contributed by atoms with Gasteiger partial charge in [0.25, 0.3) is 5.92 Å². The maximum absolute atomic E-state index is 14.1. The number of hydrogen-bond acceptors (Lipinski definition) is 1. The third-order valence-electron chi connectivity index (χ3n) is 3.88. The van der Waals surface area contributed by atoms with Gasteiger partial charge in [-0.2, -0.15) is 0 Å². The third kappa shape index (κ3) is 2.14. The van der Waals surface area contributed by atoms with Crippen LogP contribution in [0.3, 0.4) is 0 Å². The second-order valence-electron chi connectivity index (χ2n) is 5.24. The molecular weight excluding hydrogens is 203 g/mol. The Kier molecular flexibility index (Phi) is 2.53. The van der Waals surface area contributed by atoms with Crippen LogP contribution < -0.4 is 5.73 Å². The second kappa shape index (κ2) is 3.37. The summed E-state index contributed by atoms with van der Waals surface area (Å²) in [7, 11) is 0. The van der Waals surface area contributed by atoms with E-state index in [0.29, 0.717) is 19.3 Å². The van der Waals surface area contributed by atoms with Crippen molar-refractivity contribution in [1.29, 1.82) is 0 Å². The first kappa shape index (κ1) is 11.2. The molecule has 0 aromatic rings. The number of hydrogen-bond donors (Lipinski definition) is 1. The van der Waals surface area contributed by atoms with Crippen molar-refractivity contribution in [2.24, 2.45) is 5.73 Å². The Morgan fingerprint density at radius 1 is 0.867 bits per heavy atom. The molecule has 4 heteroatoms. The predicted molar refractivity (Wildman–Crippen MR) is 52.6 cm³/mol. The van der Waals surface area contributed by atoms with E-state index < -0.39 is 11.6 Å². The summed E-state index contributed by atoms with van der Waals surface area (Å²) in [5, 5.41) is 0. The Morgan fingerprint density at radius 2 is 1.47 bits per heavy atom. The van der Waals surface area contributed by atoms with Gasteiger partial charge in [-0.3, -0.25) is 0 Å². The van der Waals surface area contributed by atoms with Crippen LogP contribution in [0.5, 0.6) is 0 Å². The minimum atomic E-state index is -3.14. The summed E-state index contributed by atoms with van der Waals surface area (Å²) in [4.78, 5) is 0. The van der Waals surface area contributed by atoms with E-state index in [-0.39, 0.29) is 24.8 Å². The molecule has 2 aliphatic carbocycles. The molecule has 0 spiro atoms. The molecule has 2 fully saturated rings. The van der Waals surface area contributed by atoms with Gasteiger partial charge in [0.15, 0.2) is 5.67 Å². The van der Waals surface area contributed by atoms with Gasteiger partial charge in [0, 0.05) is 12.0 Å². The summed E-state index contributed by atoms with van der Waals surface area (Å²) < 4.78 is 41.0. The number of alkyl halides is 3. The first-order valence-electron chi connectivity index (χ1n) is 5.73. The van der Waals surface area contributed by atoms with E-state index in [1.165, 1.54) is 0 Å². The van der Waals surface area contributed by atoms with Crippen LogP contribution in [-0.2, 0) is 0 Å². The van der Waals surface area contributed by atoms with Crippen LogP contribution in [0.4, 0.5) is 13.2 Å². The van der Waals surface area contributed by atoms with E-state index in [0.717, 1.165) is 12.8 Å². The summed E-state index contributed by atoms with van der Waals surface area (Å²) in [5.41, 5.74) is 3.18. The fraction of sp³-hybridized carbons (Fsp3) is 1.00. The molecule has 2 aliphatic rings. The minimum absolute atomic E-state index is 0.00389. The fourth-order valence-electron chi connectivity index (χ4n) is 2.32. The van der Waals surface area contributed by atoms with Crippen molar-refractivity contribution in [2.45, 2.75) is 68.5 Å². The molecule has 1 unspecified atom stereocenters. The normalized spacial score (nSPS) is 37.6. The van der Waals surface area contributed by atoms with Crippen molar-refractivity contribution in [2.75, 3.05) is 0 Å². The van der Waals surface area contributed by atoms with Gasteiger partial charge in [0.2, 0.25) is 0 Å².